The van der Waals surface area contributed by atoms with E-state index in [9.17, 15) is 4.79 Å². The second-order valence-corrected chi connectivity index (χ2v) is 4.08. The van der Waals surface area contributed by atoms with E-state index in [-0.39, 0.29) is 5.91 Å². The maximum Gasteiger partial charge on any atom is 0.224 e. The first-order valence-corrected chi connectivity index (χ1v) is 5.83. The van der Waals surface area contributed by atoms with Crippen molar-refractivity contribution in [3.63, 3.8) is 0 Å². The summed E-state index contributed by atoms with van der Waals surface area (Å²) in [5.41, 5.74) is 0.786. The second kappa shape index (κ2) is 6.04. The monoisotopic (exact) mass is 275 g/mol. The number of anilines is 1. The maximum absolute atomic E-state index is 11.3. The third-order valence-corrected chi connectivity index (χ3v) is 2.48. The summed E-state index contributed by atoms with van der Waals surface area (Å²) in [4.78, 5) is 11.3. The molecule has 0 aliphatic heterocycles. The van der Waals surface area contributed by atoms with Gasteiger partial charge in [-0.1, -0.05) is 27.5 Å². The molecule has 1 N–H and O–H groups in total. The average molecular weight is 277 g/mol. The summed E-state index contributed by atoms with van der Waals surface area (Å²) in [6.07, 6.45) is 1.38. The van der Waals surface area contributed by atoms with Gasteiger partial charge in [0.1, 0.15) is 0 Å². The molecule has 1 aromatic rings. The number of benzene rings is 1. The Morgan fingerprint density at radius 3 is 2.57 bits per heavy atom. The van der Waals surface area contributed by atoms with Crippen LogP contribution in [0.2, 0.25) is 5.02 Å². The highest BCUT2D eigenvalue weighted by Crippen LogP contribution is 2.13. The number of hydrogen-bond donors (Lipinski definition) is 1. The molecule has 4 heteroatoms. The van der Waals surface area contributed by atoms with Crippen molar-refractivity contribution in [3.05, 3.63) is 29.3 Å². The lowest BCUT2D eigenvalue weighted by molar-refractivity contribution is -0.116. The molecular formula is C10H11BrClNO. The lowest BCUT2D eigenvalue weighted by Crippen LogP contribution is -2.10. The van der Waals surface area contributed by atoms with Crippen LogP contribution in [0.15, 0.2) is 24.3 Å². The molecule has 0 bridgehead atoms. The highest BCUT2D eigenvalue weighted by Gasteiger charge is 2.00. The van der Waals surface area contributed by atoms with Gasteiger partial charge < -0.3 is 5.32 Å². The van der Waals surface area contributed by atoms with Gasteiger partial charge in [0, 0.05) is 22.5 Å². The first-order chi connectivity index (χ1) is 6.72. The van der Waals surface area contributed by atoms with E-state index in [0.717, 1.165) is 17.4 Å². The molecule has 2 nitrogen and oxygen atoms in total. The third-order valence-electron chi connectivity index (χ3n) is 1.67. The number of carbonyl (C=O) groups excluding carboxylic acids is 1. The van der Waals surface area contributed by atoms with Crippen LogP contribution >= 0.6 is 27.5 Å². The number of carbonyl (C=O) groups is 1. The fourth-order valence-corrected chi connectivity index (χ4v) is 1.39. The minimum Gasteiger partial charge on any atom is -0.326 e. The number of halogens is 2. The van der Waals surface area contributed by atoms with Crippen LogP contribution < -0.4 is 5.32 Å². The number of alkyl halides is 1. The minimum absolute atomic E-state index is 0.0340. The Hall–Kier alpha value is -0.540. The van der Waals surface area contributed by atoms with E-state index in [0.29, 0.717) is 11.4 Å². The van der Waals surface area contributed by atoms with Gasteiger partial charge in [-0.25, -0.2) is 0 Å². The molecule has 0 aliphatic carbocycles. The quantitative estimate of drug-likeness (QED) is 0.839. The Bertz CT molecular complexity index is 299. The van der Waals surface area contributed by atoms with Gasteiger partial charge in [-0.05, 0) is 30.7 Å². The van der Waals surface area contributed by atoms with Crippen LogP contribution in [0.5, 0.6) is 0 Å². The van der Waals surface area contributed by atoms with Crippen molar-refractivity contribution in [2.75, 3.05) is 10.6 Å². The minimum atomic E-state index is 0.0340. The second-order valence-electron chi connectivity index (χ2n) is 2.85. The number of amides is 1. The SMILES string of the molecule is O=C(CCCBr)Nc1ccc(Cl)cc1. The van der Waals surface area contributed by atoms with Crippen LogP contribution in [-0.2, 0) is 4.79 Å². The molecule has 0 unspecified atom stereocenters. The largest absolute Gasteiger partial charge is 0.326 e. The van der Waals surface area contributed by atoms with Crippen molar-refractivity contribution in [3.8, 4) is 0 Å². The zero-order chi connectivity index (χ0) is 10.4. The summed E-state index contributed by atoms with van der Waals surface area (Å²) in [5.74, 6) is 0.0340. The van der Waals surface area contributed by atoms with E-state index >= 15 is 0 Å². The lowest BCUT2D eigenvalue weighted by Gasteiger charge is -2.03. The average Bonchev–Trinajstić information content (AvgIpc) is 2.18. The van der Waals surface area contributed by atoms with Gasteiger partial charge >= 0.3 is 0 Å². The van der Waals surface area contributed by atoms with E-state index in [1.54, 1.807) is 24.3 Å². The smallest absolute Gasteiger partial charge is 0.224 e. The Balaban J connectivity index is 2.44. The Morgan fingerprint density at radius 2 is 2.00 bits per heavy atom. The van der Waals surface area contributed by atoms with Crippen LogP contribution in [0.1, 0.15) is 12.8 Å². The van der Waals surface area contributed by atoms with Crippen LogP contribution in [0, 0.1) is 0 Å². The molecule has 0 saturated carbocycles. The topological polar surface area (TPSA) is 29.1 Å². The molecule has 0 heterocycles. The van der Waals surface area contributed by atoms with E-state index in [2.05, 4.69) is 21.2 Å². The predicted octanol–water partition coefficient (Wildman–Crippen LogP) is 3.45. The summed E-state index contributed by atoms with van der Waals surface area (Å²) in [6, 6.07) is 7.08. The molecule has 1 amide bonds. The lowest BCUT2D eigenvalue weighted by atomic mass is 10.3. The van der Waals surface area contributed by atoms with Crippen molar-refractivity contribution >= 4 is 39.1 Å². The molecule has 0 aromatic heterocycles. The molecule has 0 radical (unpaired) electrons. The first kappa shape index (κ1) is 11.5. The van der Waals surface area contributed by atoms with Crippen molar-refractivity contribution in [2.24, 2.45) is 0 Å². The predicted molar refractivity (Wildman–Crippen MR) is 63.1 cm³/mol. The van der Waals surface area contributed by atoms with Crippen molar-refractivity contribution in [1.82, 2.24) is 0 Å². The van der Waals surface area contributed by atoms with Crippen LogP contribution in [-0.4, -0.2) is 11.2 Å². The van der Waals surface area contributed by atoms with Gasteiger partial charge in [-0.15, -0.1) is 0 Å². The van der Waals surface area contributed by atoms with Crippen LogP contribution in [0.25, 0.3) is 0 Å². The van der Waals surface area contributed by atoms with E-state index in [4.69, 9.17) is 11.6 Å². The number of hydrogen-bond acceptors (Lipinski definition) is 1. The summed E-state index contributed by atoms with van der Waals surface area (Å²) in [5, 5.41) is 4.30. The van der Waals surface area contributed by atoms with Crippen molar-refractivity contribution < 1.29 is 4.79 Å². The molecule has 1 aromatic carbocycles. The third kappa shape index (κ3) is 4.11. The van der Waals surface area contributed by atoms with Gasteiger partial charge in [-0.2, -0.15) is 0 Å². The zero-order valence-corrected chi connectivity index (χ0v) is 9.94. The Morgan fingerprint density at radius 1 is 1.36 bits per heavy atom. The summed E-state index contributed by atoms with van der Waals surface area (Å²) in [6.45, 7) is 0. The van der Waals surface area contributed by atoms with Crippen molar-refractivity contribution in [2.45, 2.75) is 12.8 Å². The summed E-state index contributed by atoms with van der Waals surface area (Å²) >= 11 is 8.99. The molecule has 76 valence electrons. The van der Waals surface area contributed by atoms with E-state index in [1.165, 1.54) is 0 Å². The highest BCUT2D eigenvalue weighted by atomic mass is 79.9. The molecule has 0 aliphatic rings. The summed E-state index contributed by atoms with van der Waals surface area (Å²) < 4.78 is 0. The molecule has 0 atom stereocenters. The first-order valence-electron chi connectivity index (χ1n) is 4.34. The highest BCUT2D eigenvalue weighted by molar-refractivity contribution is 9.09. The van der Waals surface area contributed by atoms with Gasteiger partial charge in [-0.3, -0.25) is 4.79 Å². The van der Waals surface area contributed by atoms with Crippen molar-refractivity contribution in [1.29, 1.82) is 0 Å². The van der Waals surface area contributed by atoms with Crippen LogP contribution in [0.3, 0.4) is 0 Å². The molecular weight excluding hydrogens is 265 g/mol. The van der Waals surface area contributed by atoms with Crippen LogP contribution in [0.4, 0.5) is 5.69 Å². The Kier molecular flexibility index (Phi) is 4.98. The normalized spacial score (nSPS) is 9.86. The maximum atomic E-state index is 11.3. The zero-order valence-electron chi connectivity index (χ0n) is 7.59. The number of rotatable bonds is 4. The fourth-order valence-electron chi connectivity index (χ4n) is 0.984. The van der Waals surface area contributed by atoms with Gasteiger partial charge in [0.2, 0.25) is 5.91 Å². The molecule has 0 saturated heterocycles. The fraction of sp³-hybridized carbons (Fsp3) is 0.300. The van der Waals surface area contributed by atoms with E-state index < -0.39 is 0 Å². The molecule has 1 rings (SSSR count). The van der Waals surface area contributed by atoms with Gasteiger partial charge in [0.05, 0.1) is 0 Å². The van der Waals surface area contributed by atoms with Gasteiger partial charge in [0.15, 0.2) is 0 Å². The molecule has 14 heavy (non-hydrogen) atoms. The van der Waals surface area contributed by atoms with E-state index in [1.807, 2.05) is 0 Å². The summed E-state index contributed by atoms with van der Waals surface area (Å²) in [7, 11) is 0. The molecule has 0 fully saturated rings. The van der Waals surface area contributed by atoms with Gasteiger partial charge in [0.25, 0.3) is 0 Å². The standard InChI is InChI=1S/C10H11BrClNO/c11-7-1-2-10(14)13-9-5-3-8(12)4-6-9/h3-6H,1-2,7H2,(H,13,14). The Labute approximate surface area is 96.8 Å². The number of nitrogens with one attached hydrogen (secondary N) is 1. The molecule has 0 spiro atoms.